The van der Waals surface area contributed by atoms with Crippen molar-refractivity contribution in [3.05, 3.63) is 35.4 Å². The van der Waals surface area contributed by atoms with Crippen LogP contribution in [0.5, 0.6) is 0 Å². The topological polar surface area (TPSA) is 46.2 Å². The number of nitrogens with two attached hydrogens (primary N) is 1. The average molecular weight is 207 g/mol. The van der Waals surface area contributed by atoms with Crippen LogP contribution in [0.25, 0.3) is 0 Å². The Labute approximate surface area is 92.1 Å². The van der Waals surface area contributed by atoms with Crippen LogP contribution in [-0.2, 0) is 12.0 Å². The summed E-state index contributed by atoms with van der Waals surface area (Å²) >= 11 is 0. The van der Waals surface area contributed by atoms with Crippen molar-refractivity contribution in [1.82, 2.24) is 0 Å². The Morgan fingerprint density at radius 3 is 2.60 bits per heavy atom. The molecule has 84 valence electrons. The summed E-state index contributed by atoms with van der Waals surface area (Å²) in [5, 5.41) is 10.4. The van der Waals surface area contributed by atoms with Gasteiger partial charge in [0.15, 0.2) is 0 Å². The number of hydrogen-bond acceptors (Lipinski definition) is 2. The first-order chi connectivity index (χ1) is 7.16. The van der Waals surface area contributed by atoms with Crippen LogP contribution in [0.3, 0.4) is 0 Å². The Hall–Kier alpha value is -0.860. The fourth-order valence-electron chi connectivity index (χ4n) is 1.86. The number of benzene rings is 1. The van der Waals surface area contributed by atoms with Gasteiger partial charge in [-0.25, -0.2) is 0 Å². The summed E-state index contributed by atoms with van der Waals surface area (Å²) in [5.41, 5.74) is 7.02. The fraction of sp³-hybridized carbons (Fsp3) is 0.538. The van der Waals surface area contributed by atoms with Crippen LogP contribution in [0.15, 0.2) is 24.3 Å². The summed E-state index contributed by atoms with van der Waals surface area (Å²) in [4.78, 5) is 0. The van der Waals surface area contributed by atoms with E-state index >= 15 is 0 Å². The van der Waals surface area contributed by atoms with Crippen molar-refractivity contribution in [2.75, 3.05) is 6.54 Å². The van der Waals surface area contributed by atoms with Gasteiger partial charge in [0.2, 0.25) is 0 Å². The quantitative estimate of drug-likeness (QED) is 0.777. The van der Waals surface area contributed by atoms with Crippen molar-refractivity contribution in [2.45, 2.75) is 38.7 Å². The van der Waals surface area contributed by atoms with Crippen LogP contribution in [-0.4, -0.2) is 11.7 Å². The lowest BCUT2D eigenvalue weighted by Gasteiger charge is -2.27. The van der Waals surface area contributed by atoms with Crippen LogP contribution in [0.4, 0.5) is 0 Å². The van der Waals surface area contributed by atoms with Crippen LogP contribution in [0.2, 0.25) is 0 Å². The zero-order chi connectivity index (χ0) is 11.3. The summed E-state index contributed by atoms with van der Waals surface area (Å²) in [5.74, 6) is 0. The van der Waals surface area contributed by atoms with Crippen LogP contribution < -0.4 is 5.73 Å². The molecule has 1 aromatic carbocycles. The lowest BCUT2D eigenvalue weighted by Crippen LogP contribution is -2.34. The minimum Gasteiger partial charge on any atom is -0.384 e. The number of rotatable bonds is 5. The van der Waals surface area contributed by atoms with Gasteiger partial charge in [0.05, 0.1) is 0 Å². The predicted octanol–water partition coefficient (Wildman–Crippen LogP) is 2.20. The molecule has 0 radical (unpaired) electrons. The molecule has 0 aliphatic carbocycles. The Morgan fingerprint density at radius 1 is 1.33 bits per heavy atom. The Kier molecular flexibility index (Phi) is 4.30. The fourth-order valence-corrected chi connectivity index (χ4v) is 1.86. The molecule has 0 aromatic heterocycles. The van der Waals surface area contributed by atoms with Crippen molar-refractivity contribution in [2.24, 2.45) is 5.73 Å². The molecule has 3 N–H and O–H groups in total. The van der Waals surface area contributed by atoms with E-state index in [9.17, 15) is 5.11 Å². The molecule has 0 amide bonds. The lowest BCUT2D eigenvalue weighted by atomic mass is 9.88. The second kappa shape index (κ2) is 5.29. The molecule has 2 nitrogen and oxygen atoms in total. The lowest BCUT2D eigenvalue weighted by molar-refractivity contribution is 0.0359. The number of aryl methyl sites for hydroxylation is 1. The molecule has 1 aromatic rings. The Morgan fingerprint density at radius 2 is 2.07 bits per heavy atom. The molecule has 0 fully saturated rings. The average Bonchev–Trinajstić information content (AvgIpc) is 2.29. The van der Waals surface area contributed by atoms with E-state index in [1.807, 2.05) is 12.1 Å². The molecule has 2 heteroatoms. The summed E-state index contributed by atoms with van der Waals surface area (Å²) in [6, 6.07) is 8.08. The molecule has 0 saturated heterocycles. The monoisotopic (exact) mass is 207 g/mol. The molecular formula is C13H21NO. The van der Waals surface area contributed by atoms with Gasteiger partial charge in [-0.15, -0.1) is 0 Å². The first-order valence-corrected chi connectivity index (χ1v) is 5.68. The van der Waals surface area contributed by atoms with Gasteiger partial charge < -0.3 is 10.8 Å². The van der Waals surface area contributed by atoms with Crippen molar-refractivity contribution in [1.29, 1.82) is 0 Å². The molecule has 1 unspecified atom stereocenters. The molecule has 0 heterocycles. The highest BCUT2D eigenvalue weighted by atomic mass is 16.3. The zero-order valence-corrected chi connectivity index (χ0v) is 9.66. The van der Waals surface area contributed by atoms with E-state index in [1.165, 1.54) is 5.56 Å². The minimum atomic E-state index is -0.847. The third kappa shape index (κ3) is 2.80. The minimum absolute atomic E-state index is 0.286. The van der Waals surface area contributed by atoms with Gasteiger partial charge >= 0.3 is 0 Å². The van der Waals surface area contributed by atoms with E-state index in [0.29, 0.717) is 0 Å². The van der Waals surface area contributed by atoms with Gasteiger partial charge in [-0.3, -0.25) is 0 Å². The molecule has 1 atom stereocenters. The zero-order valence-electron chi connectivity index (χ0n) is 9.66. The second-order valence-electron chi connectivity index (χ2n) is 4.04. The molecule has 0 aliphatic heterocycles. The molecular weight excluding hydrogens is 186 g/mol. The SMILES string of the molecule is CCCC(O)(CN)c1cccc(CC)c1. The van der Waals surface area contributed by atoms with Crippen LogP contribution in [0.1, 0.15) is 37.8 Å². The van der Waals surface area contributed by atoms with Gasteiger partial charge in [0.25, 0.3) is 0 Å². The normalized spacial score (nSPS) is 14.9. The van der Waals surface area contributed by atoms with Crippen molar-refractivity contribution < 1.29 is 5.11 Å². The largest absolute Gasteiger partial charge is 0.384 e. The van der Waals surface area contributed by atoms with E-state index in [0.717, 1.165) is 24.8 Å². The Balaban J connectivity index is 3.00. The summed E-state index contributed by atoms with van der Waals surface area (Å²) in [7, 11) is 0. The maximum atomic E-state index is 10.4. The van der Waals surface area contributed by atoms with E-state index in [4.69, 9.17) is 5.73 Å². The maximum absolute atomic E-state index is 10.4. The van der Waals surface area contributed by atoms with Crippen molar-refractivity contribution in [3.63, 3.8) is 0 Å². The highest BCUT2D eigenvalue weighted by Crippen LogP contribution is 2.26. The summed E-state index contributed by atoms with van der Waals surface area (Å²) in [6.45, 7) is 4.46. The number of hydrogen-bond donors (Lipinski definition) is 2. The molecule has 15 heavy (non-hydrogen) atoms. The third-order valence-electron chi connectivity index (χ3n) is 2.87. The second-order valence-corrected chi connectivity index (χ2v) is 4.04. The van der Waals surface area contributed by atoms with Crippen molar-refractivity contribution >= 4 is 0 Å². The van der Waals surface area contributed by atoms with E-state index in [2.05, 4.69) is 26.0 Å². The van der Waals surface area contributed by atoms with E-state index in [1.54, 1.807) is 0 Å². The standard InChI is InChI=1S/C13H21NO/c1-3-8-13(15,10-14)12-7-5-6-11(4-2)9-12/h5-7,9,15H,3-4,8,10,14H2,1-2H3. The van der Waals surface area contributed by atoms with E-state index in [-0.39, 0.29) is 6.54 Å². The van der Waals surface area contributed by atoms with Crippen LogP contribution in [0, 0.1) is 0 Å². The van der Waals surface area contributed by atoms with Crippen LogP contribution >= 0.6 is 0 Å². The summed E-state index contributed by atoms with van der Waals surface area (Å²) in [6.07, 6.45) is 2.64. The smallest absolute Gasteiger partial charge is 0.102 e. The van der Waals surface area contributed by atoms with Gasteiger partial charge in [-0.05, 0) is 24.0 Å². The maximum Gasteiger partial charge on any atom is 0.102 e. The first kappa shape index (κ1) is 12.2. The molecule has 1 rings (SSSR count). The summed E-state index contributed by atoms with van der Waals surface area (Å²) < 4.78 is 0. The predicted molar refractivity (Wildman–Crippen MR) is 63.7 cm³/mol. The molecule has 0 spiro atoms. The highest BCUT2D eigenvalue weighted by Gasteiger charge is 2.26. The highest BCUT2D eigenvalue weighted by molar-refractivity contribution is 5.28. The molecule has 0 bridgehead atoms. The molecule has 0 saturated carbocycles. The first-order valence-electron chi connectivity index (χ1n) is 5.68. The molecule has 0 aliphatic rings. The van der Waals surface area contributed by atoms with Gasteiger partial charge in [0, 0.05) is 6.54 Å². The van der Waals surface area contributed by atoms with Gasteiger partial charge in [0.1, 0.15) is 5.60 Å². The third-order valence-corrected chi connectivity index (χ3v) is 2.87. The van der Waals surface area contributed by atoms with E-state index < -0.39 is 5.60 Å². The van der Waals surface area contributed by atoms with Crippen molar-refractivity contribution in [3.8, 4) is 0 Å². The Bertz CT molecular complexity index is 311. The van der Waals surface area contributed by atoms with Gasteiger partial charge in [-0.1, -0.05) is 44.5 Å². The van der Waals surface area contributed by atoms with Gasteiger partial charge in [-0.2, -0.15) is 0 Å². The number of aliphatic hydroxyl groups is 1.